The molecule has 0 atom stereocenters. The van der Waals surface area contributed by atoms with Crippen molar-refractivity contribution in [2.75, 3.05) is 16.8 Å². The number of carbonyl (C=O) groups excluding carboxylic acids is 1. The van der Waals surface area contributed by atoms with Crippen molar-refractivity contribution < 1.29 is 13.2 Å². The monoisotopic (exact) mass is 298 g/mol. The lowest BCUT2D eigenvalue weighted by Gasteiger charge is -2.09. The molecule has 0 radical (unpaired) electrons. The van der Waals surface area contributed by atoms with Gasteiger partial charge in [-0.3, -0.25) is 4.79 Å². The molecule has 0 heterocycles. The van der Waals surface area contributed by atoms with Gasteiger partial charge in [0.05, 0.1) is 5.75 Å². The van der Waals surface area contributed by atoms with Crippen LogP contribution in [0.5, 0.6) is 0 Å². The summed E-state index contributed by atoms with van der Waals surface area (Å²) in [5.74, 6) is -0.926. The van der Waals surface area contributed by atoms with Crippen LogP contribution in [-0.4, -0.2) is 25.8 Å². The van der Waals surface area contributed by atoms with E-state index in [-0.39, 0.29) is 5.75 Å². The van der Waals surface area contributed by atoms with Crippen molar-refractivity contribution in [2.24, 2.45) is 5.73 Å². The maximum absolute atomic E-state index is 11.8. The second-order valence-corrected chi connectivity index (χ2v) is 6.89. The molecule has 1 amide bonds. The van der Waals surface area contributed by atoms with Crippen LogP contribution >= 0.6 is 0 Å². The predicted molar refractivity (Wildman–Crippen MR) is 81.1 cm³/mol. The summed E-state index contributed by atoms with van der Waals surface area (Å²) >= 11 is 0. The van der Waals surface area contributed by atoms with Gasteiger partial charge >= 0.3 is 0 Å². The van der Waals surface area contributed by atoms with Gasteiger partial charge in [-0.2, -0.15) is 0 Å². The Hall–Kier alpha value is -1.40. The number of rotatable bonds is 8. The first-order valence-electron chi connectivity index (χ1n) is 6.76. The maximum Gasteiger partial charge on any atom is 0.239 e. The van der Waals surface area contributed by atoms with Crippen molar-refractivity contribution in [3.8, 4) is 0 Å². The normalized spacial score (nSPS) is 11.3. The van der Waals surface area contributed by atoms with Gasteiger partial charge in [-0.1, -0.05) is 38.0 Å². The predicted octanol–water partition coefficient (Wildman–Crippen LogP) is 1.69. The average Bonchev–Trinajstić information content (AvgIpc) is 2.38. The fourth-order valence-electron chi connectivity index (χ4n) is 1.85. The SMILES string of the molecule is CCCCCS(=O)(=O)CC(=O)Nc1ccccc1CN. The van der Waals surface area contributed by atoms with Crippen LogP contribution in [0, 0.1) is 0 Å². The molecule has 5 nitrogen and oxygen atoms in total. The number of hydrogen-bond donors (Lipinski definition) is 2. The number of carbonyl (C=O) groups is 1. The van der Waals surface area contributed by atoms with Gasteiger partial charge in [-0.25, -0.2) is 8.42 Å². The molecule has 6 heteroatoms. The lowest BCUT2D eigenvalue weighted by molar-refractivity contribution is -0.113. The summed E-state index contributed by atoms with van der Waals surface area (Å²) < 4.78 is 23.5. The highest BCUT2D eigenvalue weighted by molar-refractivity contribution is 7.92. The summed E-state index contributed by atoms with van der Waals surface area (Å²) in [6, 6.07) is 7.10. The Bertz CT molecular complexity index is 541. The van der Waals surface area contributed by atoms with Gasteiger partial charge in [-0.15, -0.1) is 0 Å². The average molecular weight is 298 g/mol. The molecule has 3 N–H and O–H groups in total. The van der Waals surface area contributed by atoms with E-state index in [9.17, 15) is 13.2 Å². The van der Waals surface area contributed by atoms with Crippen molar-refractivity contribution in [1.29, 1.82) is 0 Å². The number of amides is 1. The first-order valence-corrected chi connectivity index (χ1v) is 8.59. The van der Waals surface area contributed by atoms with E-state index in [0.29, 0.717) is 18.7 Å². The summed E-state index contributed by atoms with van der Waals surface area (Å²) in [4.78, 5) is 11.8. The number of nitrogens with two attached hydrogens (primary N) is 1. The van der Waals surface area contributed by atoms with Crippen molar-refractivity contribution in [1.82, 2.24) is 0 Å². The third-order valence-corrected chi connectivity index (χ3v) is 4.53. The molecule has 0 bridgehead atoms. The van der Waals surface area contributed by atoms with Crippen molar-refractivity contribution >= 4 is 21.4 Å². The summed E-state index contributed by atoms with van der Waals surface area (Å²) in [6.07, 6.45) is 2.41. The molecule has 0 fully saturated rings. The molecular formula is C14H22N2O3S. The number of anilines is 1. The van der Waals surface area contributed by atoms with Crippen LogP contribution < -0.4 is 11.1 Å². The Balaban J connectivity index is 2.59. The second-order valence-electron chi connectivity index (χ2n) is 4.71. The third kappa shape index (κ3) is 5.71. The van der Waals surface area contributed by atoms with E-state index in [1.807, 2.05) is 13.0 Å². The number of nitrogens with one attached hydrogen (secondary N) is 1. The van der Waals surface area contributed by atoms with E-state index in [0.717, 1.165) is 18.4 Å². The topological polar surface area (TPSA) is 89.3 Å². The summed E-state index contributed by atoms with van der Waals surface area (Å²) in [7, 11) is -3.34. The van der Waals surface area contributed by atoms with Gasteiger partial charge in [0.2, 0.25) is 5.91 Å². The number of sulfone groups is 1. The van der Waals surface area contributed by atoms with Crippen LogP contribution in [0.25, 0.3) is 0 Å². The quantitative estimate of drug-likeness (QED) is 0.715. The van der Waals surface area contributed by atoms with Crippen LogP contribution in [0.1, 0.15) is 31.7 Å². The Morgan fingerprint density at radius 1 is 1.25 bits per heavy atom. The van der Waals surface area contributed by atoms with Crippen LogP contribution in [0.2, 0.25) is 0 Å². The Labute approximate surface area is 120 Å². The fraction of sp³-hybridized carbons (Fsp3) is 0.500. The zero-order valence-electron chi connectivity index (χ0n) is 11.8. The highest BCUT2D eigenvalue weighted by Crippen LogP contribution is 2.14. The van der Waals surface area contributed by atoms with Gasteiger partial charge in [-0.05, 0) is 18.1 Å². The molecule has 0 saturated heterocycles. The van der Waals surface area contributed by atoms with Gasteiger partial charge in [0.15, 0.2) is 9.84 Å². The van der Waals surface area contributed by atoms with Crippen molar-refractivity contribution in [3.05, 3.63) is 29.8 Å². The maximum atomic E-state index is 11.8. The van der Waals surface area contributed by atoms with E-state index in [2.05, 4.69) is 5.32 Å². The third-order valence-electron chi connectivity index (χ3n) is 2.92. The largest absolute Gasteiger partial charge is 0.326 e. The molecule has 0 aromatic heterocycles. The van der Waals surface area contributed by atoms with Gasteiger partial charge < -0.3 is 11.1 Å². The molecule has 0 aliphatic heterocycles. The molecule has 0 saturated carbocycles. The molecule has 1 aromatic carbocycles. The molecule has 0 unspecified atom stereocenters. The molecule has 20 heavy (non-hydrogen) atoms. The van der Waals surface area contributed by atoms with Crippen LogP contribution in [0.15, 0.2) is 24.3 Å². The van der Waals surface area contributed by atoms with Crippen molar-refractivity contribution in [2.45, 2.75) is 32.7 Å². The summed E-state index contributed by atoms with van der Waals surface area (Å²) in [5, 5.41) is 2.61. The summed E-state index contributed by atoms with van der Waals surface area (Å²) in [5.41, 5.74) is 6.92. The molecule has 0 aliphatic rings. The highest BCUT2D eigenvalue weighted by atomic mass is 32.2. The molecule has 0 spiro atoms. The zero-order chi connectivity index (χ0) is 15.0. The molecule has 1 rings (SSSR count). The van der Waals surface area contributed by atoms with E-state index in [1.165, 1.54) is 0 Å². The van der Waals surface area contributed by atoms with Crippen LogP contribution in [0.4, 0.5) is 5.69 Å². The molecule has 1 aromatic rings. The van der Waals surface area contributed by atoms with Crippen LogP contribution in [0.3, 0.4) is 0 Å². The smallest absolute Gasteiger partial charge is 0.239 e. The van der Waals surface area contributed by atoms with Crippen molar-refractivity contribution in [3.63, 3.8) is 0 Å². The van der Waals surface area contributed by atoms with E-state index in [1.54, 1.807) is 18.2 Å². The second kappa shape index (κ2) is 8.01. The first kappa shape index (κ1) is 16.7. The Kier molecular flexibility index (Phi) is 6.67. The van der Waals surface area contributed by atoms with E-state index >= 15 is 0 Å². The van der Waals surface area contributed by atoms with Crippen LogP contribution in [-0.2, 0) is 21.2 Å². The standard InChI is InChI=1S/C14H22N2O3S/c1-2-3-6-9-20(18,19)11-14(17)16-13-8-5-4-7-12(13)10-15/h4-5,7-8H,2-3,6,9-11,15H2,1H3,(H,16,17). The molecule has 0 aliphatic carbocycles. The lowest BCUT2D eigenvalue weighted by atomic mass is 10.2. The van der Waals surface area contributed by atoms with E-state index in [4.69, 9.17) is 5.73 Å². The minimum atomic E-state index is -3.34. The lowest BCUT2D eigenvalue weighted by Crippen LogP contribution is -2.25. The summed E-state index contributed by atoms with van der Waals surface area (Å²) in [6.45, 7) is 2.29. The number of para-hydroxylation sites is 1. The minimum absolute atomic E-state index is 0.0623. The van der Waals surface area contributed by atoms with E-state index < -0.39 is 21.5 Å². The Morgan fingerprint density at radius 3 is 2.60 bits per heavy atom. The van der Waals surface area contributed by atoms with Gasteiger partial charge in [0.25, 0.3) is 0 Å². The minimum Gasteiger partial charge on any atom is -0.326 e. The zero-order valence-corrected chi connectivity index (χ0v) is 12.6. The highest BCUT2D eigenvalue weighted by Gasteiger charge is 2.16. The number of unbranched alkanes of at least 4 members (excludes halogenated alkanes) is 2. The Morgan fingerprint density at radius 2 is 1.95 bits per heavy atom. The number of hydrogen-bond acceptors (Lipinski definition) is 4. The fourth-order valence-corrected chi connectivity index (χ4v) is 3.11. The van der Waals surface area contributed by atoms with Gasteiger partial charge in [0.1, 0.15) is 5.75 Å². The first-order chi connectivity index (χ1) is 9.48. The molecular weight excluding hydrogens is 276 g/mol. The number of benzene rings is 1. The molecule has 112 valence electrons. The van der Waals surface area contributed by atoms with Gasteiger partial charge in [0, 0.05) is 12.2 Å².